The second kappa shape index (κ2) is 2.24. The molecule has 0 aliphatic carbocycles. The number of hydrogen-bond donors (Lipinski definition) is 0. The van der Waals surface area contributed by atoms with E-state index in [4.69, 9.17) is 9.46 Å². The molecule has 0 radical (unpaired) electrons. The summed E-state index contributed by atoms with van der Waals surface area (Å²) in [5.74, 6) is 0. The Hall–Kier alpha value is -0.130. The van der Waals surface area contributed by atoms with Crippen LogP contribution in [0.1, 0.15) is 0 Å². The van der Waals surface area contributed by atoms with Gasteiger partial charge in [0.2, 0.25) is 0 Å². The summed E-state index contributed by atoms with van der Waals surface area (Å²) in [6, 6.07) is 0. The number of alkyl halides is 3. The van der Waals surface area contributed by atoms with Gasteiger partial charge in [0.05, 0.1) is 0 Å². The summed E-state index contributed by atoms with van der Waals surface area (Å²) in [7, 11) is -6.16. The van der Waals surface area contributed by atoms with E-state index in [1.807, 2.05) is 4.52 Å². The van der Waals surface area contributed by atoms with Gasteiger partial charge >= 0.3 is 14.3 Å². The van der Waals surface area contributed by atoms with Gasteiger partial charge in [-0.2, -0.15) is 4.20 Å². The van der Waals surface area contributed by atoms with Crippen molar-refractivity contribution in [2.24, 2.45) is 0 Å². The molecule has 3 nitrogen and oxygen atoms in total. The van der Waals surface area contributed by atoms with E-state index in [9.17, 15) is 17.4 Å². The first-order valence-electron chi connectivity index (χ1n) is 1.49. The predicted molar refractivity (Wildman–Crippen MR) is 15.9 cm³/mol. The zero-order valence-corrected chi connectivity index (χ0v) is 4.58. The molecule has 0 aromatic rings. The van der Waals surface area contributed by atoms with Crippen LogP contribution in [0.2, 0.25) is 0 Å². The number of hydrogen-bond acceptors (Lipinski definition) is 3. The summed E-state index contributed by atoms with van der Waals surface area (Å²) in [6.45, 7) is 0. The second-order valence-electron chi connectivity index (χ2n) is 0.968. The lowest BCUT2D eigenvalue weighted by Gasteiger charge is -2.13. The van der Waals surface area contributed by atoms with Gasteiger partial charge in [0.1, 0.15) is 0 Å². The molecule has 0 bridgehead atoms. The molecule has 1 atom stereocenters. The highest BCUT2D eigenvalue weighted by Gasteiger charge is 2.34. The molecule has 0 aromatic heterocycles. The zero-order chi connectivity index (χ0) is 7.71. The Labute approximate surface area is 46.9 Å². The van der Waals surface area contributed by atoms with Crippen molar-refractivity contribution in [1.82, 2.24) is 0 Å². The molecule has 0 saturated carbocycles. The average molecular weight is 167 g/mol. The van der Waals surface area contributed by atoms with E-state index in [1.165, 1.54) is 0 Å². The molecule has 0 aliphatic rings. The molecule has 0 rings (SSSR count). The van der Waals surface area contributed by atoms with Gasteiger partial charge in [-0.15, -0.1) is 13.2 Å². The van der Waals surface area contributed by atoms with Crippen LogP contribution < -0.4 is 4.89 Å². The van der Waals surface area contributed by atoms with Crippen molar-refractivity contribution in [3.63, 3.8) is 0 Å². The van der Waals surface area contributed by atoms with Crippen LogP contribution in [0.3, 0.4) is 0 Å². The largest absolute Gasteiger partial charge is 0.753 e. The molecule has 0 fully saturated rings. The molecule has 56 valence electrons. The van der Waals surface area contributed by atoms with Crippen molar-refractivity contribution < 1.29 is 31.4 Å². The SMILES string of the molecule is O=P([O-])(F)OC(F)(F)F. The topological polar surface area (TPSA) is 49.4 Å². The van der Waals surface area contributed by atoms with Gasteiger partial charge in [0.25, 0.3) is 0 Å². The maximum Gasteiger partial charge on any atom is 0.529 e. The first kappa shape index (κ1) is 8.87. The number of rotatable bonds is 1. The molecule has 0 N–H and O–H groups in total. The summed E-state index contributed by atoms with van der Waals surface area (Å²) in [4.78, 5) is 9.07. The van der Waals surface area contributed by atoms with Crippen LogP contribution in [-0.2, 0) is 9.09 Å². The van der Waals surface area contributed by atoms with E-state index in [0.717, 1.165) is 0 Å². The lowest BCUT2D eigenvalue weighted by atomic mass is 11.4. The van der Waals surface area contributed by atoms with E-state index in [1.54, 1.807) is 0 Å². The van der Waals surface area contributed by atoms with E-state index in [0.29, 0.717) is 0 Å². The van der Waals surface area contributed by atoms with Gasteiger partial charge in [-0.25, -0.2) is 4.52 Å². The van der Waals surface area contributed by atoms with Crippen molar-refractivity contribution >= 4 is 7.91 Å². The molecule has 0 amide bonds. The quantitative estimate of drug-likeness (QED) is 0.431. The van der Waals surface area contributed by atoms with E-state index in [2.05, 4.69) is 0 Å². The van der Waals surface area contributed by atoms with Gasteiger partial charge in [0, 0.05) is 0 Å². The molecule has 9 heavy (non-hydrogen) atoms. The van der Waals surface area contributed by atoms with Crippen LogP contribution in [0, 0.1) is 0 Å². The minimum atomic E-state index is -6.16. The fraction of sp³-hybridized carbons (Fsp3) is 1.00. The molecular weight excluding hydrogens is 167 g/mol. The van der Waals surface area contributed by atoms with Crippen molar-refractivity contribution in [1.29, 1.82) is 0 Å². The van der Waals surface area contributed by atoms with Gasteiger partial charge in [0.15, 0.2) is 0 Å². The van der Waals surface area contributed by atoms with Crippen molar-refractivity contribution in [2.45, 2.75) is 6.36 Å². The second-order valence-corrected chi connectivity index (χ2v) is 2.01. The molecular formula is CF4O3P-. The summed E-state index contributed by atoms with van der Waals surface area (Å²) >= 11 is 0. The fourth-order valence-electron chi connectivity index (χ4n) is 0.124. The molecule has 1 unspecified atom stereocenters. The van der Waals surface area contributed by atoms with Crippen LogP contribution in [-0.4, -0.2) is 6.36 Å². The van der Waals surface area contributed by atoms with Gasteiger partial charge in [-0.3, -0.25) is 4.57 Å². The Bertz CT molecular complexity index is 133. The Morgan fingerprint density at radius 3 is 1.78 bits per heavy atom. The van der Waals surface area contributed by atoms with Crippen LogP contribution in [0.5, 0.6) is 0 Å². The first-order valence-corrected chi connectivity index (χ1v) is 2.92. The third kappa shape index (κ3) is 7.87. The molecule has 0 heterocycles. The van der Waals surface area contributed by atoms with Crippen molar-refractivity contribution in [2.75, 3.05) is 0 Å². The number of halogens is 4. The summed E-state index contributed by atoms with van der Waals surface area (Å²) in [5, 5.41) is 0. The normalized spacial score (nSPS) is 19.2. The molecule has 0 spiro atoms. The Kier molecular flexibility index (Phi) is 2.21. The van der Waals surface area contributed by atoms with E-state index >= 15 is 0 Å². The molecule has 8 heteroatoms. The van der Waals surface area contributed by atoms with Gasteiger partial charge < -0.3 is 4.89 Å². The zero-order valence-electron chi connectivity index (χ0n) is 3.68. The van der Waals surface area contributed by atoms with Gasteiger partial charge in [-0.05, 0) is 0 Å². The summed E-state index contributed by atoms with van der Waals surface area (Å²) < 4.78 is 54.1. The third-order valence-electron chi connectivity index (χ3n) is 0.213. The van der Waals surface area contributed by atoms with Crippen LogP contribution in [0.4, 0.5) is 17.4 Å². The highest BCUT2D eigenvalue weighted by Crippen LogP contribution is 2.44. The van der Waals surface area contributed by atoms with Crippen LogP contribution >= 0.6 is 7.91 Å². The Balaban J connectivity index is 3.90. The average Bonchev–Trinajstić information content (AvgIpc) is 1.14. The Morgan fingerprint density at radius 2 is 1.78 bits per heavy atom. The maximum atomic E-state index is 10.9. The monoisotopic (exact) mass is 167 g/mol. The van der Waals surface area contributed by atoms with E-state index < -0.39 is 14.3 Å². The fourth-order valence-corrected chi connectivity index (χ4v) is 0.371. The van der Waals surface area contributed by atoms with Crippen LogP contribution in [0.15, 0.2) is 0 Å². The van der Waals surface area contributed by atoms with Crippen molar-refractivity contribution in [3.05, 3.63) is 0 Å². The highest BCUT2D eigenvalue weighted by atomic mass is 31.2. The summed E-state index contributed by atoms with van der Waals surface area (Å²) in [5.41, 5.74) is 0. The van der Waals surface area contributed by atoms with E-state index in [-0.39, 0.29) is 0 Å². The smallest absolute Gasteiger partial charge is 0.529 e. The lowest BCUT2D eigenvalue weighted by Crippen LogP contribution is -2.14. The minimum Gasteiger partial charge on any atom is -0.753 e. The standard InChI is InChI=1S/CHF4O3P/c2-1(3,4)8-9(5,6)7/h(H,6,7)/p-1. The third-order valence-corrected chi connectivity index (χ3v) is 0.638. The highest BCUT2D eigenvalue weighted by molar-refractivity contribution is 7.45. The predicted octanol–water partition coefficient (Wildman–Crippen LogP) is 0.961. The molecule has 0 aliphatic heterocycles. The maximum absolute atomic E-state index is 10.9. The Morgan fingerprint density at radius 1 is 1.44 bits per heavy atom. The minimum absolute atomic E-state index is 1.96. The van der Waals surface area contributed by atoms with Crippen LogP contribution in [0.25, 0.3) is 0 Å². The van der Waals surface area contributed by atoms with Crippen molar-refractivity contribution in [3.8, 4) is 0 Å². The molecule has 0 aromatic carbocycles. The van der Waals surface area contributed by atoms with Gasteiger partial charge in [-0.1, -0.05) is 0 Å². The first-order chi connectivity index (χ1) is 3.71. The summed E-state index contributed by atoms with van der Waals surface area (Å²) in [6.07, 6.45) is -5.47. The lowest BCUT2D eigenvalue weighted by molar-refractivity contribution is -0.315. The molecule has 0 saturated heterocycles.